The van der Waals surface area contributed by atoms with Crippen LogP contribution < -0.4 is 0 Å². The summed E-state index contributed by atoms with van der Waals surface area (Å²) < 4.78 is 8.53. The SMILES string of the molecule is Clc1cc(-c2cnn(C3CCCCO3)c2)ccc1Br. The lowest BCUT2D eigenvalue weighted by Crippen LogP contribution is -2.18. The molecule has 0 aliphatic carbocycles. The zero-order chi connectivity index (χ0) is 13.2. The minimum atomic E-state index is 0.0772. The molecule has 100 valence electrons. The van der Waals surface area contributed by atoms with Crippen molar-refractivity contribution in [3.05, 3.63) is 40.1 Å². The first-order valence-electron chi connectivity index (χ1n) is 6.35. The summed E-state index contributed by atoms with van der Waals surface area (Å²) in [6.07, 6.45) is 7.33. The molecular weight excluding hydrogens is 328 g/mol. The van der Waals surface area contributed by atoms with Crippen LogP contribution in [-0.2, 0) is 4.74 Å². The van der Waals surface area contributed by atoms with Crippen molar-refractivity contribution in [3.8, 4) is 11.1 Å². The van der Waals surface area contributed by atoms with Crippen molar-refractivity contribution in [2.75, 3.05) is 6.61 Å². The van der Waals surface area contributed by atoms with Crippen LogP contribution in [0.5, 0.6) is 0 Å². The minimum absolute atomic E-state index is 0.0772. The van der Waals surface area contributed by atoms with E-state index >= 15 is 0 Å². The van der Waals surface area contributed by atoms with Gasteiger partial charge in [-0.3, -0.25) is 0 Å². The van der Waals surface area contributed by atoms with Crippen molar-refractivity contribution < 1.29 is 4.74 Å². The minimum Gasteiger partial charge on any atom is -0.357 e. The summed E-state index contributed by atoms with van der Waals surface area (Å²) in [5, 5.41) is 5.11. The second-order valence-corrected chi connectivity index (χ2v) is 5.92. The highest BCUT2D eigenvalue weighted by Crippen LogP contribution is 2.30. The lowest BCUT2D eigenvalue weighted by molar-refractivity contribution is -0.0394. The maximum absolute atomic E-state index is 6.12. The molecule has 0 spiro atoms. The third-order valence-corrected chi connectivity index (χ3v) is 4.54. The fourth-order valence-electron chi connectivity index (χ4n) is 2.25. The Morgan fingerprint density at radius 3 is 2.95 bits per heavy atom. The van der Waals surface area contributed by atoms with Gasteiger partial charge in [0.15, 0.2) is 0 Å². The van der Waals surface area contributed by atoms with Crippen molar-refractivity contribution in [1.29, 1.82) is 0 Å². The smallest absolute Gasteiger partial charge is 0.150 e. The molecule has 0 amide bonds. The van der Waals surface area contributed by atoms with Gasteiger partial charge in [-0.1, -0.05) is 17.7 Å². The number of rotatable bonds is 2. The van der Waals surface area contributed by atoms with Gasteiger partial charge in [0.25, 0.3) is 0 Å². The average molecular weight is 342 g/mol. The summed E-state index contributed by atoms with van der Waals surface area (Å²) in [5.41, 5.74) is 2.12. The summed E-state index contributed by atoms with van der Waals surface area (Å²) in [5.74, 6) is 0. The van der Waals surface area contributed by atoms with Gasteiger partial charge < -0.3 is 4.74 Å². The molecule has 1 saturated heterocycles. The third kappa shape index (κ3) is 2.86. The van der Waals surface area contributed by atoms with Gasteiger partial charge in [-0.05, 0) is 52.9 Å². The number of benzene rings is 1. The van der Waals surface area contributed by atoms with Crippen molar-refractivity contribution in [3.63, 3.8) is 0 Å². The Morgan fingerprint density at radius 2 is 2.21 bits per heavy atom. The first kappa shape index (κ1) is 13.2. The standard InChI is InChI=1S/C14H14BrClN2O/c15-12-5-4-10(7-13(12)16)11-8-17-18(9-11)14-3-1-2-6-19-14/h4-5,7-9,14H,1-3,6H2. The van der Waals surface area contributed by atoms with E-state index in [-0.39, 0.29) is 6.23 Å². The van der Waals surface area contributed by atoms with E-state index in [4.69, 9.17) is 16.3 Å². The Bertz CT molecular complexity index is 579. The molecule has 19 heavy (non-hydrogen) atoms. The van der Waals surface area contributed by atoms with Gasteiger partial charge in [0.05, 0.1) is 11.2 Å². The zero-order valence-corrected chi connectivity index (χ0v) is 12.7. The van der Waals surface area contributed by atoms with Gasteiger partial charge in [0.2, 0.25) is 0 Å². The molecule has 3 nitrogen and oxygen atoms in total. The molecule has 1 aliphatic heterocycles. The van der Waals surface area contributed by atoms with E-state index in [1.54, 1.807) is 0 Å². The molecule has 3 rings (SSSR count). The first-order chi connectivity index (χ1) is 9.24. The fraction of sp³-hybridized carbons (Fsp3) is 0.357. The topological polar surface area (TPSA) is 27.1 Å². The molecule has 1 fully saturated rings. The molecule has 1 aromatic carbocycles. The number of hydrogen-bond donors (Lipinski definition) is 0. The second kappa shape index (κ2) is 5.65. The zero-order valence-electron chi connectivity index (χ0n) is 10.4. The normalized spacial score (nSPS) is 19.6. The predicted octanol–water partition coefficient (Wildman–Crippen LogP) is 4.67. The van der Waals surface area contributed by atoms with Gasteiger partial charge in [-0.2, -0.15) is 5.10 Å². The molecular formula is C14H14BrClN2O. The molecule has 1 aliphatic rings. The number of halogens is 2. The van der Waals surface area contributed by atoms with E-state index in [2.05, 4.69) is 21.0 Å². The van der Waals surface area contributed by atoms with Crippen molar-refractivity contribution in [1.82, 2.24) is 9.78 Å². The van der Waals surface area contributed by atoms with E-state index < -0.39 is 0 Å². The number of nitrogens with zero attached hydrogens (tertiary/aromatic N) is 2. The van der Waals surface area contributed by atoms with Crippen LogP contribution in [0.1, 0.15) is 25.5 Å². The molecule has 2 heterocycles. The first-order valence-corrected chi connectivity index (χ1v) is 7.52. The van der Waals surface area contributed by atoms with Crippen LogP contribution in [0, 0.1) is 0 Å². The van der Waals surface area contributed by atoms with Gasteiger partial charge in [0, 0.05) is 22.8 Å². The van der Waals surface area contributed by atoms with E-state index in [0.717, 1.165) is 35.0 Å². The summed E-state index contributed by atoms with van der Waals surface area (Å²) in [7, 11) is 0. The van der Waals surface area contributed by atoms with Crippen LogP contribution in [-0.4, -0.2) is 16.4 Å². The lowest BCUT2D eigenvalue weighted by atomic mass is 10.1. The summed E-state index contributed by atoms with van der Waals surface area (Å²) >= 11 is 9.52. The quantitative estimate of drug-likeness (QED) is 0.794. The van der Waals surface area contributed by atoms with E-state index in [1.165, 1.54) is 6.42 Å². The molecule has 0 saturated carbocycles. The highest BCUT2D eigenvalue weighted by atomic mass is 79.9. The summed E-state index contributed by atoms with van der Waals surface area (Å²) in [6.45, 7) is 0.823. The average Bonchev–Trinajstić information content (AvgIpc) is 2.93. The van der Waals surface area contributed by atoms with Gasteiger partial charge in [0.1, 0.15) is 6.23 Å². The largest absolute Gasteiger partial charge is 0.357 e. The maximum Gasteiger partial charge on any atom is 0.150 e. The highest BCUT2D eigenvalue weighted by molar-refractivity contribution is 9.10. The Hall–Kier alpha value is -0.840. The van der Waals surface area contributed by atoms with Crippen LogP contribution in [0.25, 0.3) is 11.1 Å². The molecule has 2 aromatic rings. The summed E-state index contributed by atoms with van der Waals surface area (Å²) in [6, 6.07) is 5.92. The van der Waals surface area contributed by atoms with Crippen LogP contribution in [0.4, 0.5) is 0 Å². The van der Waals surface area contributed by atoms with Crippen molar-refractivity contribution in [2.24, 2.45) is 0 Å². The number of hydrogen-bond acceptors (Lipinski definition) is 2. The Labute approximate surface area is 125 Å². The molecule has 5 heteroatoms. The van der Waals surface area contributed by atoms with Crippen LogP contribution in [0.3, 0.4) is 0 Å². The van der Waals surface area contributed by atoms with Crippen LogP contribution in [0.15, 0.2) is 35.1 Å². The fourth-order valence-corrected chi connectivity index (χ4v) is 2.68. The Morgan fingerprint density at radius 1 is 1.32 bits per heavy atom. The second-order valence-electron chi connectivity index (χ2n) is 4.66. The Balaban J connectivity index is 1.85. The van der Waals surface area contributed by atoms with Crippen LogP contribution >= 0.6 is 27.5 Å². The molecule has 0 N–H and O–H groups in total. The molecule has 1 unspecified atom stereocenters. The van der Waals surface area contributed by atoms with Gasteiger partial charge in [-0.15, -0.1) is 0 Å². The van der Waals surface area contributed by atoms with Crippen molar-refractivity contribution in [2.45, 2.75) is 25.5 Å². The van der Waals surface area contributed by atoms with E-state index in [0.29, 0.717) is 5.02 Å². The maximum atomic E-state index is 6.12. The van der Waals surface area contributed by atoms with Crippen molar-refractivity contribution >= 4 is 27.5 Å². The van der Waals surface area contributed by atoms with Gasteiger partial charge >= 0.3 is 0 Å². The molecule has 1 atom stereocenters. The lowest BCUT2D eigenvalue weighted by Gasteiger charge is -2.22. The van der Waals surface area contributed by atoms with E-state index in [9.17, 15) is 0 Å². The van der Waals surface area contributed by atoms with Crippen LogP contribution in [0.2, 0.25) is 5.02 Å². The van der Waals surface area contributed by atoms with E-state index in [1.807, 2.05) is 35.3 Å². The Kier molecular flexibility index (Phi) is 3.91. The monoisotopic (exact) mass is 340 g/mol. The predicted molar refractivity (Wildman–Crippen MR) is 79.2 cm³/mol. The highest BCUT2D eigenvalue weighted by Gasteiger charge is 2.16. The molecule has 0 bridgehead atoms. The number of aromatic nitrogens is 2. The third-order valence-electron chi connectivity index (χ3n) is 3.31. The molecule has 1 aromatic heterocycles. The van der Waals surface area contributed by atoms with Gasteiger partial charge in [-0.25, -0.2) is 4.68 Å². The number of ether oxygens (including phenoxy) is 1. The molecule has 0 radical (unpaired) electrons. The summed E-state index contributed by atoms with van der Waals surface area (Å²) in [4.78, 5) is 0.